The fraction of sp³-hybridized carbons (Fsp3) is 0.154. The molecule has 0 saturated carbocycles. The number of methoxy groups -OCH3 is 1. The van der Waals surface area contributed by atoms with Gasteiger partial charge in [0.05, 0.1) is 13.7 Å². The van der Waals surface area contributed by atoms with Crippen molar-refractivity contribution in [3.05, 3.63) is 58.0 Å². The van der Waals surface area contributed by atoms with E-state index in [1.807, 2.05) is 0 Å². The van der Waals surface area contributed by atoms with Crippen molar-refractivity contribution >= 4 is 12.6 Å². The van der Waals surface area contributed by atoms with Gasteiger partial charge in [0.25, 0.3) is 5.56 Å². The smallest absolute Gasteiger partial charge is 0.490 e. The van der Waals surface area contributed by atoms with Gasteiger partial charge in [0.2, 0.25) is 0 Å². The molecule has 0 unspecified atom stereocenters. The van der Waals surface area contributed by atoms with Crippen LogP contribution in [-0.2, 0) is 6.54 Å². The van der Waals surface area contributed by atoms with Crippen LogP contribution in [0.25, 0.3) is 0 Å². The van der Waals surface area contributed by atoms with Crippen LogP contribution in [0.1, 0.15) is 5.56 Å². The van der Waals surface area contributed by atoms with Crippen LogP contribution in [0.2, 0.25) is 0 Å². The Kier molecular flexibility index (Phi) is 4.39. The van der Waals surface area contributed by atoms with Crippen molar-refractivity contribution in [3.63, 3.8) is 0 Å². The Morgan fingerprint density at radius 2 is 1.95 bits per heavy atom. The first-order valence-corrected chi connectivity index (χ1v) is 6.01. The molecule has 2 N–H and O–H groups in total. The number of hydrogen-bond donors (Lipinski definition) is 2. The molecule has 5 nitrogen and oxygen atoms in total. The van der Waals surface area contributed by atoms with Gasteiger partial charge in [0, 0.05) is 11.7 Å². The maximum atomic E-state index is 13.6. The zero-order chi connectivity index (χ0) is 15.6. The third-order valence-corrected chi connectivity index (χ3v) is 2.93. The second kappa shape index (κ2) is 6.07. The number of rotatable bonds is 4. The molecule has 2 rings (SSSR count). The van der Waals surface area contributed by atoms with Crippen LogP contribution in [0.3, 0.4) is 0 Å². The Bertz CT molecular complexity index is 718. The summed E-state index contributed by atoms with van der Waals surface area (Å²) >= 11 is 0. The van der Waals surface area contributed by atoms with E-state index in [-0.39, 0.29) is 17.8 Å². The number of halogens is 2. The minimum absolute atomic E-state index is 0.0526. The van der Waals surface area contributed by atoms with E-state index in [4.69, 9.17) is 14.8 Å². The van der Waals surface area contributed by atoms with E-state index in [1.165, 1.54) is 19.2 Å². The standard InChI is InChI=1S/C13H12BF2NO4/c1-21-12-3-2-8(4-10(12)15)6-17-7-9(14(19)20)5-11(16)13(17)18/h2-5,7,19-20H,6H2,1H3. The first-order chi connectivity index (χ1) is 9.92. The zero-order valence-electron chi connectivity index (χ0n) is 11.1. The summed E-state index contributed by atoms with van der Waals surface area (Å²) in [7, 11) is -0.580. The van der Waals surface area contributed by atoms with Crippen molar-refractivity contribution in [2.75, 3.05) is 7.11 Å². The van der Waals surface area contributed by atoms with Crippen molar-refractivity contribution < 1.29 is 23.6 Å². The highest BCUT2D eigenvalue weighted by molar-refractivity contribution is 6.58. The lowest BCUT2D eigenvalue weighted by atomic mass is 9.81. The second-order valence-electron chi connectivity index (χ2n) is 4.40. The molecular weight excluding hydrogens is 283 g/mol. The normalized spacial score (nSPS) is 10.5. The van der Waals surface area contributed by atoms with Crippen LogP contribution in [0, 0.1) is 11.6 Å². The molecule has 0 aliphatic rings. The van der Waals surface area contributed by atoms with E-state index >= 15 is 0 Å². The molecule has 0 atom stereocenters. The Labute approximate surface area is 119 Å². The molecule has 1 aromatic carbocycles. The van der Waals surface area contributed by atoms with E-state index in [0.29, 0.717) is 5.56 Å². The molecule has 0 aliphatic carbocycles. The Balaban J connectivity index is 2.39. The monoisotopic (exact) mass is 295 g/mol. The fourth-order valence-electron chi connectivity index (χ4n) is 1.88. The predicted molar refractivity (Wildman–Crippen MR) is 72.5 cm³/mol. The van der Waals surface area contributed by atoms with Crippen molar-refractivity contribution in [1.29, 1.82) is 0 Å². The number of pyridine rings is 1. The number of nitrogens with zero attached hydrogens (tertiary/aromatic N) is 1. The first-order valence-electron chi connectivity index (χ1n) is 6.01. The minimum atomic E-state index is -1.90. The highest BCUT2D eigenvalue weighted by Crippen LogP contribution is 2.17. The molecule has 0 fully saturated rings. The number of hydrogen-bond acceptors (Lipinski definition) is 4. The summed E-state index contributed by atoms with van der Waals surface area (Å²) in [6.07, 6.45) is 1.11. The third kappa shape index (κ3) is 3.29. The Morgan fingerprint density at radius 1 is 1.24 bits per heavy atom. The van der Waals surface area contributed by atoms with Gasteiger partial charge >= 0.3 is 7.12 Å². The highest BCUT2D eigenvalue weighted by Gasteiger charge is 2.16. The lowest BCUT2D eigenvalue weighted by Crippen LogP contribution is -2.36. The Morgan fingerprint density at radius 3 is 2.52 bits per heavy atom. The van der Waals surface area contributed by atoms with Crippen LogP contribution < -0.4 is 15.8 Å². The molecule has 2 aromatic rings. The predicted octanol–water partition coefficient (Wildman–Crippen LogP) is -0.137. The van der Waals surface area contributed by atoms with Crippen molar-refractivity contribution in [2.24, 2.45) is 0 Å². The number of aromatic nitrogens is 1. The van der Waals surface area contributed by atoms with Gasteiger partial charge in [-0.2, -0.15) is 0 Å². The van der Waals surface area contributed by atoms with E-state index in [1.54, 1.807) is 0 Å². The molecule has 0 amide bonds. The minimum Gasteiger partial charge on any atom is -0.494 e. The van der Waals surface area contributed by atoms with Gasteiger partial charge in [0.1, 0.15) is 0 Å². The summed E-state index contributed by atoms with van der Waals surface area (Å²) in [5, 5.41) is 18.1. The van der Waals surface area contributed by atoms with Gasteiger partial charge in [-0.25, -0.2) is 8.78 Å². The summed E-state index contributed by atoms with van der Waals surface area (Å²) in [6, 6.07) is 4.81. The first kappa shape index (κ1) is 15.2. The van der Waals surface area contributed by atoms with Crippen molar-refractivity contribution in [3.8, 4) is 5.75 Å². The molecular formula is C13H12BF2NO4. The SMILES string of the molecule is COc1ccc(Cn2cc(B(O)O)cc(F)c2=O)cc1F. The average molecular weight is 295 g/mol. The average Bonchev–Trinajstić information content (AvgIpc) is 2.43. The van der Waals surface area contributed by atoms with Crippen LogP contribution in [-0.4, -0.2) is 28.8 Å². The summed E-state index contributed by atoms with van der Waals surface area (Å²) in [4.78, 5) is 11.7. The van der Waals surface area contributed by atoms with E-state index < -0.39 is 24.3 Å². The maximum Gasteiger partial charge on any atom is 0.490 e. The lowest BCUT2D eigenvalue weighted by molar-refractivity contribution is 0.386. The number of ether oxygens (including phenoxy) is 1. The van der Waals surface area contributed by atoms with Crippen LogP contribution >= 0.6 is 0 Å². The molecule has 1 aromatic heterocycles. The van der Waals surface area contributed by atoms with Crippen LogP contribution in [0.4, 0.5) is 8.78 Å². The van der Waals surface area contributed by atoms with Crippen molar-refractivity contribution in [1.82, 2.24) is 4.57 Å². The van der Waals surface area contributed by atoms with Crippen LogP contribution in [0.5, 0.6) is 5.75 Å². The highest BCUT2D eigenvalue weighted by atomic mass is 19.1. The molecule has 1 heterocycles. The molecule has 0 bridgehead atoms. The van der Waals surface area contributed by atoms with Gasteiger partial charge < -0.3 is 19.4 Å². The quantitative estimate of drug-likeness (QED) is 0.770. The molecule has 21 heavy (non-hydrogen) atoms. The van der Waals surface area contributed by atoms with Crippen LogP contribution in [0.15, 0.2) is 35.3 Å². The molecule has 0 spiro atoms. The molecule has 0 aliphatic heterocycles. The molecule has 110 valence electrons. The summed E-state index contributed by atoms with van der Waals surface area (Å²) in [5.74, 6) is -1.67. The van der Waals surface area contributed by atoms with Gasteiger partial charge in [-0.05, 0) is 23.8 Å². The summed E-state index contributed by atoms with van der Waals surface area (Å²) in [5.41, 5.74) is -0.698. The lowest BCUT2D eigenvalue weighted by Gasteiger charge is -2.10. The van der Waals surface area contributed by atoms with E-state index in [9.17, 15) is 13.6 Å². The fourth-order valence-corrected chi connectivity index (χ4v) is 1.88. The third-order valence-electron chi connectivity index (χ3n) is 2.93. The summed E-state index contributed by atoms with van der Waals surface area (Å²) in [6.45, 7) is -0.114. The largest absolute Gasteiger partial charge is 0.494 e. The Hall–Kier alpha value is -2.19. The van der Waals surface area contributed by atoms with Gasteiger partial charge in [0.15, 0.2) is 17.4 Å². The molecule has 0 radical (unpaired) electrons. The topological polar surface area (TPSA) is 71.7 Å². The van der Waals surface area contributed by atoms with E-state index in [0.717, 1.165) is 22.9 Å². The maximum absolute atomic E-state index is 13.6. The van der Waals surface area contributed by atoms with Gasteiger partial charge in [-0.3, -0.25) is 4.79 Å². The van der Waals surface area contributed by atoms with Crippen molar-refractivity contribution in [2.45, 2.75) is 6.54 Å². The zero-order valence-corrected chi connectivity index (χ0v) is 11.1. The second-order valence-corrected chi connectivity index (χ2v) is 4.40. The van der Waals surface area contributed by atoms with Gasteiger partial charge in [-0.15, -0.1) is 0 Å². The molecule has 0 saturated heterocycles. The summed E-state index contributed by atoms with van der Waals surface area (Å²) < 4.78 is 32.7. The molecule has 8 heteroatoms. The van der Waals surface area contributed by atoms with Gasteiger partial charge in [-0.1, -0.05) is 6.07 Å². The number of benzene rings is 1. The van der Waals surface area contributed by atoms with E-state index in [2.05, 4.69) is 0 Å².